The molecule has 0 aromatic heterocycles. The SMILES string of the molecule is CCOc1cc(N2CCOCC2)c(OCC)cc1NC(=O)C1CCN(C(=O)N2CCCC2)CC1. The first-order chi connectivity index (χ1) is 16.6. The first-order valence-corrected chi connectivity index (χ1v) is 12.7. The lowest BCUT2D eigenvalue weighted by atomic mass is 9.96. The Labute approximate surface area is 202 Å². The van der Waals surface area contributed by atoms with Crippen molar-refractivity contribution in [2.24, 2.45) is 5.92 Å². The second kappa shape index (κ2) is 11.6. The summed E-state index contributed by atoms with van der Waals surface area (Å²) in [4.78, 5) is 31.9. The van der Waals surface area contributed by atoms with Crippen LogP contribution in [0.25, 0.3) is 0 Å². The zero-order chi connectivity index (χ0) is 23.9. The number of rotatable bonds is 7. The molecule has 0 atom stereocenters. The minimum absolute atomic E-state index is 0.0317. The van der Waals surface area contributed by atoms with Crippen molar-refractivity contribution < 1.29 is 23.8 Å². The lowest BCUT2D eigenvalue weighted by Crippen LogP contribution is -2.47. The maximum absolute atomic E-state index is 13.2. The zero-order valence-electron chi connectivity index (χ0n) is 20.5. The zero-order valence-corrected chi connectivity index (χ0v) is 20.5. The molecule has 34 heavy (non-hydrogen) atoms. The van der Waals surface area contributed by atoms with E-state index in [0.29, 0.717) is 63.8 Å². The van der Waals surface area contributed by atoms with Crippen LogP contribution in [-0.4, -0.2) is 87.4 Å². The van der Waals surface area contributed by atoms with Gasteiger partial charge in [-0.3, -0.25) is 4.79 Å². The van der Waals surface area contributed by atoms with E-state index < -0.39 is 0 Å². The van der Waals surface area contributed by atoms with Crippen molar-refractivity contribution in [2.75, 3.05) is 75.9 Å². The molecule has 0 aliphatic carbocycles. The molecule has 9 nitrogen and oxygen atoms in total. The molecule has 0 radical (unpaired) electrons. The van der Waals surface area contributed by atoms with Crippen LogP contribution in [0.15, 0.2) is 12.1 Å². The van der Waals surface area contributed by atoms with Crippen LogP contribution in [0.3, 0.4) is 0 Å². The minimum Gasteiger partial charge on any atom is -0.492 e. The third kappa shape index (κ3) is 5.68. The molecule has 3 aliphatic heterocycles. The van der Waals surface area contributed by atoms with Gasteiger partial charge in [-0.2, -0.15) is 0 Å². The molecule has 3 heterocycles. The van der Waals surface area contributed by atoms with Crippen molar-refractivity contribution in [3.05, 3.63) is 12.1 Å². The third-order valence-electron chi connectivity index (χ3n) is 6.78. The third-order valence-corrected chi connectivity index (χ3v) is 6.78. The van der Waals surface area contributed by atoms with Crippen LogP contribution in [-0.2, 0) is 9.53 Å². The highest BCUT2D eigenvalue weighted by atomic mass is 16.5. The van der Waals surface area contributed by atoms with E-state index in [4.69, 9.17) is 14.2 Å². The fraction of sp³-hybridized carbons (Fsp3) is 0.680. The molecule has 4 rings (SSSR count). The molecule has 1 aromatic rings. The van der Waals surface area contributed by atoms with E-state index >= 15 is 0 Å². The van der Waals surface area contributed by atoms with E-state index in [9.17, 15) is 9.59 Å². The summed E-state index contributed by atoms with van der Waals surface area (Å²) >= 11 is 0. The smallest absolute Gasteiger partial charge is 0.319 e. The number of hydrogen-bond acceptors (Lipinski definition) is 6. The Bertz CT molecular complexity index is 844. The van der Waals surface area contributed by atoms with Crippen LogP contribution < -0.4 is 19.7 Å². The summed E-state index contributed by atoms with van der Waals surface area (Å²) in [7, 11) is 0. The van der Waals surface area contributed by atoms with Crippen molar-refractivity contribution in [2.45, 2.75) is 39.5 Å². The highest BCUT2D eigenvalue weighted by Crippen LogP contribution is 2.39. The van der Waals surface area contributed by atoms with Gasteiger partial charge < -0.3 is 34.2 Å². The average molecular weight is 475 g/mol. The standard InChI is InChI=1S/C25H38N4O5/c1-3-33-22-18-21(27-13-15-32-16-14-27)23(34-4-2)17-20(22)26-24(30)19-7-11-29(12-8-19)25(31)28-9-5-6-10-28/h17-19H,3-16H2,1-2H3,(H,26,30). The highest BCUT2D eigenvalue weighted by Gasteiger charge is 2.31. The molecule has 188 valence electrons. The number of likely N-dealkylation sites (tertiary alicyclic amines) is 2. The average Bonchev–Trinajstić information content (AvgIpc) is 3.41. The predicted molar refractivity (Wildman–Crippen MR) is 131 cm³/mol. The number of amides is 3. The number of anilines is 2. The summed E-state index contributed by atoms with van der Waals surface area (Å²) < 4.78 is 17.3. The molecule has 3 aliphatic rings. The maximum atomic E-state index is 13.2. The molecule has 0 unspecified atom stereocenters. The molecule has 1 N–H and O–H groups in total. The number of piperidine rings is 1. The summed E-state index contributed by atoms with van der Waals surface area (Å²) in [6.45, 7) is 10.8. The van der Waals surface area contributed by atoms with E-state index in [-0.39, 0.29) is 17.9 Å². The molecule has 0 saturated carbocycles. The number of hydrogen-bond donors (Lipinski definition) is 1. The van der Waals surface area contributed by atoms with Gasteiger partial charge in [-0.1, -0.05) is 0 Å². The Hall–Kier alpha value is -2.68. The normalized spacial score (nSPS) is 19.3. The van der Waals surface area contributed by atoms with E-state index in [1.165, 1.54) is 0 Å². The summed E-state index contributed by atoms with van der Waals surface area (Å²) in [6.07, 6.45) is 3.50. The second-order valence-corrected chi connectivity index (χ2v) is 9.01. The number of carbonyl (C=O) groups excluding carboxylic acids is 2. The van der Waals surface area contributed by atoms with Crippen molar-refractivity contribution in [3.63, 3.8) is 0 Å². The molecule has 1 aromatic carbocycles. The number of carbonyl (C=O) groups is 2. The van der Waals surface area contributed by atoms with Gasteiger partial charge in [0.1, 0.15) is 11.5 Å². The van der Waals surface area contributed by atoms with Crippen molar-refractivity contribution >= 4 is 23.3 Å². The summed E-state index contributed by atoms with van der Waals surface area (Å²) in [5.41, 5.74) is 1.59. The van der Waals surface area contributed by atoms with Gasteiger partial charge >= 0.3 is 6.03 Å². The molecular weight excluding hydrogens is 436 g/mol. The van der Waals surface area contributed by atoms with Gasteiger partial charge in [0.2, 0.25) is 5.91 Å². The molecule has 0 spiro atoms. The topological polar surface area (TPSA) is 83.6 Å². The largest absolute Gasteiger partial charge is 0.492 e. The maximum Gasteiger partial charge on any atom is 0.319 e. The molecule has 9 heteroatoms. The Morgan fingerprint density at radius 2 is 1.53 bits per heavy atom. The fourth-order valence-electron chi connectivity index (χ4n) is 4.92. The summed E-state index contributed by atoms with van der Waals surface area (Å²) in [5.74, 6) is 1.21. The van der Waals surface area contributed by atoms with Crippen molar-refractivity contribution in [1.29, 1.82) is 0 Å². The van der Waals surface area contributed by atoms with Gasteiger partial charge in [-0.25, -0.2) is 4.79 Å². The van der Waals surface area contributed by atoms with Gasteiger partial charge in [0, 0.05) is 57.3 Å². The Balaban J connectivity index is 1.44. The highest BCUT2D eigenvalue weighted by molar-refractivity contribution is 5.95. The lowest BCUT2D eigenvalue weighted by Gasteiger charge is -2.34. The minimum atomic E-state index is -0.133. The number of nitrogens with zero attached hydrogens (tertiary/aromatic N) is 3. The molecule has 0 bridgehead atoms. The Kier molecular flexibility index (Phi) is 8.37. The Morgan fingerprint density at radius 3 is 2.18 bits per heavy atom. The summed E-state index contributed by atoms with van der Waals surface area (Å²) in [5, 5.41) is 3.09. The van der Waals surface area contributed by atoms with Crippen molar-refractivity contribution in [3.8, 4) is 11.5 Å². The van der Waals surface area contributed by atoms with Gasteiger partial charge in [-0.15, -0.1) is 0 Å². The van der Waals surface area contributed by atoms with E-state index in [2.05, 4.69) is 10.2 Å². The van der Waals surface area contributed by atoms with Gasteiger partial charge in [-0.05, 0) is 39.5 Å². The second-order valence-electron chi connectivity index (χ2n) is 9.01. The van der Waals surface area contributed by atoms with Crippen molar-refractivity contribution in [1.82, 2.24) is 9.80 Å². The quantitative estimate of drug-likeness (QED) is 0.654. The lowest BCUT2D eigenvalue weighted by molar-refractivity contribution is -0.121. The number of urea groups is 1. The van der Waals surface area contributed by atoms with Crippen LogP contribution in [0.1, 0.15) is 39.5 Å². The molecular formula is C25H38N4O5. The fourth-order valence-corrected chi connectivity index (χ4v) is 4.92. The van der Waals surface area contributed by atoms with Gasteiger partial charge in [0.05, 0.1) is 37.8 Å². The number of ether oxygens (including phenoxy) is 3. The molecule has 3 saturated heterocycles. The van der Waals surface area contributed by atoms with Crippen LogP contribution in [0, 0.1) is 5.92 Å². The summed E-state index contributed by atoms with van der Waals surface area (Å²) in [6, 6.07) is 3.96. The van der Waals surface area contributed by atoms with Crippen LogP contribution in [0.2, 0.25) is 0 Å². The van der Waals surface area contributed by atoms with E-state index in [1.807, 2.05) is 35.8 Å². The molecule has 3 amide bonds. The monoisotopic (exact) mass is 474 g/mol. The first kappa shape index (κ1) is 24.4. The van der Waals surface area contributed by atoms with Gasteiger partial charge in [0.25, 0.3) is 0 Å². The Morgan fingerprint density at radius 1 is 0.912 bits per heavy atom. The van der Waals surface area contributed by atoms with Crippen LogP contribution in [0.5, 0.6) is 11.5 Å². The number of nitrogens with one attached hydrogen (secondary N) is 1. The number of benzene rings is 1. The van der Waals surface area contributed by atoms with Gasteiger partial charge in [0.15, 0.2) is 0 Å². The first-order valence-electron chi connectivity index (χ1n) is 12.7. The van der Waals surface area contributed by atoms with E-state index in [1.54, 1.807) is 0 Å². The number of morpholine rings is 1. The predicted octanol–water partition coefficient (Wildman–Crippen LogP) is 3.19. The van der Waals surface area contributed by atoms with E-state index in [0.717, 1.165) is 50.5 Å². The molecule has 3 fully saturated rings. The van der Waals surface area contributed by atoms with Crippen LogP contribution >= 0.6 is 0 Å². The van der Waals surface area contributed by atoms with Crippen LogP contribution in [0.4, 0.5) is 16.2 Å².